The summed E-state index contributed by atoms with van der Waals surface area (Å²) in [7, 11) is 0. The fourth-order valence-corrected chi connectivity index (χ4v) is 2.33. The van der Waals surface area contributed by atoms with Gasteiger partial charge in [0, 0.05) is 12.2 Å². The number of rotatable bonds is 2. The maximum absolute atomic E-state index is 5.53. The fourth-order valence-electron chi connectivity index (χ4n) is 1.11. The minimum absolute atomic E-state index is 0.320. The molecule has 0 unspecified atom stereocenters. The lowest BCUT2D eigenvalue weighted by atomic mass is 10.4. The van der Waals surface area contributed by atoms with E-state index in [4.69, 9.17) is 5.73 Å². The molecule has 0 atom stereocenters. The van der Waals surface area contributed by atoms with Gasteiger partial charge in [0.05, 0.1) is 4.47 Å². The van der Waals surface area contributed by atoms with Crippen molar-refractivity contribution in [1.82, 2.24) is 20.0 Å². The Bertz CT molecular complexity index is 475. The monoisotopic (exact) mass is 287 g/mol. The summed E-state index contributed by atoms with van der Waals surface area (Å²) in [4.78, 5) is 0. The number of nitrogens with zero attached hydrogens (tertiary/aromatic N) is 4. The van der Waals surface area contributed by atoms with E-state index in [-0.39, 0.29) is 0 Å². The predicted octanol–water partition coefficient (Wildman–Crippen LogP) is 2.33. The molecular weight excluding hydrogens is 278 g/mol. The predicted molar refractivity (Wildman–Crippen MR) is 63.6 cm³/mol. The van der Waals surface area contributed by atoms with Crippen LogP contribution in [0.25, 0.3) is 10.7 Å². The number of aromatic nitrogens is 4. The van der Waals surface area contributed by atoms with Gasteiger partial charge in [0.2, 0.25) is 5.13 Å². The van der Waals surface area contributed by atoms with Crippen molar-refractivity contribution in [3.63, 3.8) is 0 Å². The number of halogens is 1. The van der Waals surface area contributed by atoms with Gasteiger partial charge in [-0.25, -0.2) is 0 Å². The molecule has 0 bridgehead atoms. The Morgan fingerprint density at radius 2 is 2.20 bits per heavy atom. The molecule has 0 spiro atoms. The molecule has 7 heteroatoms. The third-order valence-electron chi connectivity index (χ3n) is 1.86. The maximum Gasteiger partial charge on any atom is 0.203 e. The first-order valence-electron chi connectivity index (χ1n) is 4.42. The van der Waals surface area contributed by atoms with Crippen LogP contribution in [0.3, 0.4) is 0 Å². The minimum Gasteiger partial charge on any atom is -0.374 e. The summed E-state index contributed by atoms with van der Waals surface area (Å²) in [6.45, 7) is 4.13. The van der Waals surface area contributed by atoms with E-state index in [0.29, 0.717) is 11.2 Å². The lowest BCUT2D eigenvalue weighted by molar-refractivity contribution is 0.533. The molecule has 0 aliphatic carbocycles. The standard InChI is InChI=1S/C8H10BrN5S/c1-4(2)14-3-5(9)6(13-14)7-11-12-8(10)15-7/h3-4H,1-2H3,(H2,10,12). The molecule has 0 fully saturated rings. The van der Waals surface area contributed by atoms with Crippen LogP contribution in [0.2, 0.25) is 0 Å². The average Bonchev–Trinajstić information content (AvgIpc) is 2.71. The van der Waals surface area contributed by atoms with Crippen molar-refractivity contribution >= 4 is 32.4 Å². The second-order valence-electron chi connectivity index (χ2n) is 3.34. The van der Waals surface area contributed by atoms with Crippen LogP contribution in [0, 0.1) is 0 Å². The van der Waals surface area contributed by atoms with Crippen LogP contribution in [-0.4, -0.2) is 20.0 Å². The summed E-state index contributed by atoms with van der Waals surface area (Å²) in [6.07, 6.45) is 1.93. The SMILES string of the molecule is CC(C)n1cc(Br)c(-c2nnc(N)s2)n1. The van der Waals surface area contributed by atoms with Gasteiger partial charge in [-0.15, -0.1) is 10.2 Å². The highest BCUT2D eigenvalue weighted by atomic mass is 79.9. The van der Waals surface area contributed by atoms with Gasteiger partial charge in [0.15, 0.2) is 5.01 Å². The highest BCUT2D eigenvalue weighted by molar-refractivity contribution is 9.10. The Kier molecular flexibility index (Phi) is 2.74. The Hall–Kier alpha value is -0.950. The summed E-state index contributed by atoms with van der Waals surface area (Å²) in [5.74, 6) is 0. The van der Waals surface area contributed by atoms with Crippen LogP contribution >= 0.6 is 27.3 Å². The molecule has 0 saturated heterocycles. The molecular formula is C8H10BrN5S. The van der Waals surface area contributed by atoms with Crippen LogP contribution in [0.1, 0.15) is 19.9 Å². The van der Waals surface area contributed by atoms with Crippen molar-refractivity contribution in [1.29, 1.82) is 0 Å². The van der Waals surface area contributed by atoms with Crippen molar-refractivity contribution in [2.24, 2.45) is 0 Å². The fraction of sp³-hybridized carbons (Fsp3) is 0.375. The molecule has 0 aromatic carbocycles. The molecule has 2 heterocycles. The van der Waals surface area contributed by atoms with Gasteiger partial charge in [-0.1, -0.05) is 11.3 Å². The third kappa shape index (κ3) is 2.03. The van der Waals surface area contributed by atoms with E-state index in [1.165, 1.54) is 11.3 Å². The summed E-state index contributed by atoms with van der Waals surface area (Å²) in [6, 6.07) is 0.320. The molecule has 5 nitrogen and oxygen atoms in total. The van der Waals surface area contributed by atoms with Gasteiger partial charge in [-0.3, -0.25) is 4.68 Å². The van der Waals surface area contributed by atoms with E-state index in [0.717, 1.165) is 15.2 Å². The summed E-state index contributed by atoms with van der Waals surface area (Å²) >= 11 is 4.78. The molecule has 0 amide bonds. The van der Waals surface area contributed by atoms with Crippen molar-refractivity contribution in [2.75, 3.05) is 5.73 Å². The molecule has 15 heavy (non-hydrogen) atoms. The molecule has 2 aromatic rings. The van der Waals surface area contributed by atoms with Gasteiger partial charge >= 0.3 is 0 Å². The van der Waals surface area contributed by atoms with Gasteiger partial charge in [-0.2, -0.15) is 5.10 Å². The molecule has 0 radical (unpaired) electrons. The topological polar surface area (TPSA) is 69.6 Å². The first-order chi connectivity index (χ1) is 7.08. The summed E-state index contributed by atoms with van der Waals surface area (Å²) < 4.78 is 2.78. The van der Waals surface area contributed by atoms with Gasteiger partial charge in [-0.05, 0) is 29.8 Å². The first-order valence-corrected chi connectivity index (χ1v) is 6.03. The van der Waals surface area contributed by atoms with E-state index in [1.807, 2.05) is 10.9 Å². The molecule has 2 rings (SSSR count). The van der Waals surface area contributed by atoms with E-state index in [9.17, 15) is 0 Å². The zero-order chi connectivity index (χ0) is 11.0. The molecule has 0 aliphatic heterocycles. The van der Waals surface area contributed by atoms with E-state index in [2.05, 4.69) is 45.1 Å². The molecule has 80 valence electrons. The summed E-state index contributed by atoms with van der Waals surface area (Å²) in [5, 5.41) is 13.3. The lowest BCUT2D eigenvalue weighted by Gasteiger charge is -2.02. The van der Waals surface area contributed by atoms with Crippen LogP contribution in [0.15, 0.2) is 10.7 Å². The normalized spacial score (nSPS) is 11.2. The van der Waals surface area contributed by atoms with E-state index >= 15 is 0 Å². The van der Waals surface area contributed by atoms with Crippen LogP contribution < -0.4 is 5.73 Å². The molecule has 0 saturated carbocycles. The second-order valence-corrected chi connectivity index (χ2v) is 5.21. The summed E-state index contributed by atoms with van der Waals surface area (Å²) in [5.41, 5.74) is 6.32. The average molecular weight is 288 g/mol. The van der Waals surface area contributed by atoms with Gasteiger partial charge in [0.1, 0.15) is 5.69 Å². The van der Waals surface area contributed by atoms with Crippen molar-refractivity contribution in [3.8, 4) is 10.7 Å². The van der Waals surface area contributed by atoms with E-state index in [1.54, 1.807) is 0 Å². The zero-order valence-electron chi connectivity index (χ0n) is 8.31. The Balaban J connectivity index is 2.44. The van der Waals surface area contributed by atoms with Gasteiger partial charge in [0.25, 0.3) is 0 Å². The Labute approximate surface area is 99.4 Å². The van der Waals surface area contributed by atoms with Crippen LogP contribution in [-0.2, 0) is 0 Å². The number of nitrogens with two attached hydrogens (primary N) is 1. The van der Waals surface area contributed by atoms with E-state index < -0.39 is 0 Å². The maximum atomic E-state index is 5.53. The highest BCUT2D eigenvalue weighted by Crippen LogP contribution is 2.30. The van der Waals surface area contributed by atoms with Crippen molar-refractivity contribution in [2.45, 2.75) is 19.9 Å². The Morgan fingerprint density at radius 3 is 2.67 bits per heavy atom. The van der Waals surface area contributed by atoms with Crippen LogP contribution in [0.5, 0.6) is 0 Å². The second kappa shape index (κ2) is 3.90. The quantitative estimate of drug-likeness (QED) is 0.920. The van der Waals surface area contributed by atoms with Crippen LogP contribution in [0.4, 0.5) is 5.13 Å². The lowest BCUT2D eigenvalue weighted by Crippen LogP contribution is -2.00. The third-order valence-corrected chi connectivity index (χ3v) is 3.20. The zero-order valence-corrected chi connectivity index (χ0v) is 10.7. The first kappa shape index (κ1) is 10.6. The number of hydrogen-bond acceptors (Lipinski definition) is 5. The number of hydrogen-bond donors (Lipinski definition) is 1. The molecule has 0 aliphatic rings. The highest BCUT2D eigenvalue weighted by Gasteiger charge is 2.14. The molecule has 2 N–H and O–H groups in total. The van der Waals surface area contributed by atoms with Crippen molar-refractivity contribution in [3.05, 3.63) is 10.7 Å². The Morgan fingerprint density at radius 1 is 1.47 bits per heavy atom. The molecule has 2 aromatic heterocycles. The smallest absolute Gasteiger partial charge is 0.203 e. The van der Waals surface area contributed by atoms with Crippen molar-refractivity contribution < 1.29 is 0 Å². The largest absolute Gasteiger partial charge is 0.374 e. The number of nitrogen functional groups attached to an aromatic ring is 1. The van der Waals surface area contributed by atoms with Gasteiger partial charge < -0.3 is 5.73 Å². The minimum atomic E-state index is 0.320. The number of anilines is 1.